The number of rotatable bonds is 6. The first-order chi connectivity index (χ1) is 20.9. The van der Waals surface area contributed by atoms with Crippen LogP contribution in [-0.4, -0.2) is 54.4 Å². The van der Waals surface area contributed by atoms with Gasteiger partial charge in [-0.15, -0.1) is 0 Å². The van der Waals surface area contributed by atoms with Gasteiger partial charge in [0.15, 0.2) is 5.65 Å². The van der Waals surface area contributed by atoms with Crippen molar-refractivity contribution in [3.63, 3.8) is 0 Å². The molecule has 5 heterocycles. The SMILES string of the molecule is CC1CCC(Cn2c(N3CCOCC3c3ccccc3)nc3nc(-c4noc(=O)[nH]4)nc(-c4cc(Cl)nc(Cl)c4)c32)CC1. The number of imidazole rings is 1. The van der Waals surface area contributed by atoms with Crippen molar-refractivity contribution in [2.75, 3.05) is 24.7 Å². The first-order valence-electron chi connectivity index (χ1n) is 14.5. The van der Waals surface area contributed by atoms with E-state index in [1.807, 2.05) is 18.2 Å². The van der Waals surface area contributed by atoms with Crippen molar-refractivity contribution in [3.8, 4) is 22.9 Å². The first-order valence-corrected chi connectivity index (χ1v) is 15.3. The van der Waals surface area contributed by atoms with Crippen LogP contribution in [0.2, 0.25) is 10.3 Å². The van der Waals surface area contributed by atoms with E-state index in [2.05, 4.69) is 43.6 Å². The number of aromatic amines is 1. The Morgan fingerprint density at radius 2 is 1.77 bits per heavy atom. The lowest BCUT2D eigenvalue weighted by Crippen LogP contribution is -2.41. The molecule has 1 aromatic carbocycles. The number of aromatic nitrogens is 7. The highest BCUT2D eigenvalue weighted by Crippen LogP contribution is 2.39. The van der Waals surface area contributed by atoms with E-state index in [0.717, 1.165) is 42.3 Å². The van der Waals surface area contributed by atoms with Crippen molar-refractivity contribution < 1.29 is 9.26 Å². The summed E-state index contributed by atoms with van der Waals surface area (Å²) in [7, 11) is 0. The maximum Gasteiger partial charge on any atom is 0.439 e. The van der Waals surface area contributed by atoms with E-state index in [-0.39, 0.29) is 28.0 Å². The van der Waals surface area contributed by atoms with E-state index >= 15 is 0 Å². The molecule has 2 aliphatic rings. The molecule has 1 aliphatic heterocycles. The van der Waals surface area contributed by atoms with Gasteiger partial charge in [0.1, 0.15) is 21.5 Å². The van der Waals surface area contributed by atoms with Crippen LogP contribution in [0.5, 0.6) is 0 Å². The van der Waals surface area contributed by atoms with Crippen LogP contribution >= 0.6 is 23.2 Å². The lowest BCUT2D eigenvalue weighted by Gasteiger charge is -2.37. The van der Waals surface area contributed by atoms with Gasteiger partial charge >= 0.3 is 5.76 Å². The number of halogens is 2. The van der Waals surface area contributed by atoms with Gasteiger partial charge in [-0.05, 0) is 42.4 Å². The number of hydrogen-bond acceptors (Lipinski definition) is 9. The van der Waals surface area contributed by atoms with Gasteiger partial charge in [0, 0.05) is 18.7 Å². The Balaban J connectivity index is 1.47. The number of ether oxygens (including phenoxy) is 1. The molecule has 4 aromatic heterocycles. The van der Waals surface area contributed by atoms with Crippen LogP contribution in [0, 0.1) is 11.8 Å². The summed E-state index contributed by atoms with van der Waals surface area (Å²) >= 11 is 12.8. The van der Waals surface area contributed by atoms with Gasteiger partial charge in [-0.2, -0.15) is 4.98 Å². The molecule has 0 bridgehead atoms. The van der Waals surface area contributed by atoms with Crippen molar-refractivity contribution in [3.05, 3.63) is 68.9 Å². The van der Waals surface area contributed by atoms with E-state index in [4.69, 9.17) is 47.4 Å². The van der Waals surface area contributed by atoms with Gasteiger partial charge in [-0.1, -0.05) is 78.5 Å². The summed E-state index contributed by atoms with van der Waals surface area (Å²) in [6.07, 6.45) is 4.65. The summed E-state index contributed by atoms with van der Waals surface area (Å²) in [5.41, 5.74) is 3.57. The maximum absolute atomic E-state index is 11.8. The second-order valence-electron chi connectivity index (χ2n) is 11.4. The van der Waals surface area contributed by atoms with Gasteiger partial charge in [-0.3, -0.25) is 9.51 Å². The molecule has 1 atom stereocenters. The zero-order valence-electron chi connectivity index (χ0n) is 23.5. The van der Waals surface area contributed by atoms with Crippen LogP contribution in [0.1, 0.15) is 44.2 Å². The monoisotopic (exact) mass is 620 g/mol. The number of benzene rings is 1. The summed E-state index contributed by atoms with van der Waals surface area (Å²) in [5.74, 6) is 1.55. The fraction of sp³-hybridized carbons (Fsp3) is 0.400. The van der Waals surface area contributed by atoms with Gasteiger partial charge in [0.05, 0.1) is 19.3 Å². The zero-order chi connectivity index (χ0) is 29.5. The number of anilines is 1. The third kappa shape index (κ3) is 5.64. The molecule has 1 saturated carbocycles. The first kappa shape index (κ1) is 28.0. The summed E-state index contributed by atoms with van der Waals surface area (Å²) in [4.78, 5) is 35.7. The number of nitrogens with zero attached hydrogens (tertiary/aromatic N) is 7. The van der Waals surface area contributed by atoms with Gasteiger partial charge in [0.2, 0.25) is 17.6 Å². The Labute approximate surface area is 257 Å². The molecule has 43 heavy (non-hydrogen) atoms. The molecule has 0 amide bonds. The predicted octanol–water partition coefficient (Wildman–Crippen LogP) is 5.94. The van der Waals surface area contributed by atoms with Crippen molar-refractivity contribution in [1.82, 2.24) is 34.6 Å². The van der Waals surface area contributed by atoms with Gasteiger partial charge in [0.25, 0.3) is 0 Å². The number of pyridine rings is 1. The van der Waals surface area contributed by atoms with Crippen molar-refractivity contribution in [1.29, 1.82) is 0 Å². The number of hydrogen-bond donors (Lipinski definition) is 1. The van der Waals surface area contributed by atoms with Crippen LogP contribution < -0.4 is 10.7 Å². The topological polar surface area (TPSA) is 128 Å². The van der Waals surface area contributed by atoms with Crippen molar-refractivity contribution in [2.45, 2.75) is 45.2 Å². The highest BCUT2D eigenvalue weighted by Gasteiger charge is 2.32. The summed E-state index contributed by atoms with van der Waals surface area (Å²) in [6, 6.07) is 13.7. The van der Waals surface area contributed by atoms with E-state index in [9.17, 15) is 4.79 Å². The Morgan fingerprint density at radius 3 is 2.49 bits per heavy atom. The molecule has 2 fully saturated rings. The number of fused-ring (bicyclic) bond motifs is 1. The molecule has 1 N–H and O–H groups in total. The summed E-state index contributed by atoms with van der Waals surface area (Å²) < 4.78 is 13.0. The van der Waals surface area contributed by atoms with Gasteiger partial charge < -0.3 is 14.2 Å². The van der Waals surface area contributed by atoms with Crippen LogP contribution in [0.25, 0.3) is 34.1 Å². The van der Waals surface area contributed by atoms with Crippen LogP contribution in [0.3, 0.4) is 0 Å². The molecule has 222 valence electrons. The van der Waals surface area contributed by atoms with Crippen molar-refractivity contribution >= 4 is 40.3 Å². The molecule has 1 saturated heterocycles. The molecule has 5 aromatic rings. The Bertz CT molecular complexity index is 1790. The smallest absolute Gasteiger partial charge is 0.377 e. The van der Waals surface area contributed by atoms with Crippen molar-refractivity contribution in [2.24, 2.45) is 11.8 Å². The summed E-state index contributed by atoms with van der Waals surface area (Å²) in [5, 5.41) is 4.30. The second kappa shape index (κ2) is 11.7. The average molecular weight is 622 g/mol. The molecule has 1 aliphatic carbocycles. The fourth-order valence-corrected chi connectivity index (χ4v) is 6.68. The minimum Gasteiger partial charge on any atom is -0.377 e. The standard InChI is InChI=1S/C30H30Cl2N8O3/c1-17-7-9-18(10-8-17)15-40-25-24(20-13-22(31)33-23(32)14-20)34-27(28-37-30(41)43-38-28)35-26(25)36-29(40)39-11-12-42-16-21(39)19-5-3-2-4-6-19/h2-6,13-14,17-18,21H,7-12,15-16H2,1H3,(H,37,38,41). The fourth-order valence-electron chi connectivity index (χ4n) is 6.22. The molecular formula is C30H30Cl2N8O3. The number of H-pyrrole nitrogens is 1. The van der Waals surface area contributed by atoms with Crippen LogP contribution in [0.15, 0.2) is 51.8 Å². The normalized spacial score (nSPS) is 21.0. The largest absolute Gasteiger partial charge is 0.439 e. The Morgan fingerprint density at radius 1 is 1.00 bits per heavy atom. The molecule has 7 rings (SSSR count). The van der Waals surface area contributed by atoms with E-state index in [0.29, 0.717) is 42.6 Å². The minimum absolute atomic E-state index is 0.0375. The number of nitrogens with one attached hydrogen (secondary N) is 1. The highest BCUT2D eigenvalue weighted by atomic mass is 35.5. The quantitative estimate of drug-likeness (QED) is 0.229. The predicted molar refractivity (Wildman–Crippen MR) is 163 cm³/mol. The lowest BCUT2D eigenvalue weighted by molar-refractivity contribution is 0.0927. The zero-order valence-corrected chi connectivity index (χ0v) is 25.1. The summed E-state index contributed by atoms with van der Waals surface area (Å²) in [6.45, 7) is 4.84. The average Bonchev–Trinajstić information content (AvgIpc) is 3.61. The Kier molecular flexibility index (Phi) is 7.62. The second-order valence-corrected chi connectivity index (χ2v) is 12.1. The Hall–Kier alpha value is -3.80. The number of morpholine rings is 1. The minimum atomic E-state index is -0.702. The van der Waals surface area contributed by atoms with Crippen LogP contribution in [0.4, 0.5) is 5.95 Å². The third-order valence-corrected chi connectivity index (χ3v) is 8.80. The van der Waals surface area contributed by atoms with Crippen LogP contribution in [-0.2, 0) is 11.3 Å². The highest BCUT2D eigenvalue weighted by molar-refractivity contribution is 6.33. The third-order valence-electron chi connectivity index (χ3n) is 8.42. The van der Waals surface area contributed by atoms with E-state index in [1.54, 1.807) is 12.1 Å². The molecular weight excluding hydrogens is 591 g/mol. The molecule has 0 radical (unpaired) electrons. The molecule has 1 unspecified atom stereocenters. The van der Waals surface area contributed by atoms with E-state index < -0.39 is 5.76 Å². The van der Waals surface area contributed by atoms with E-state index in [1.165, 1.54) is 12.8 Å². The molecule has 11 nitrogen and oxygen atoms in total. The molecule has 0 spiro atoms. The lowest BCUT2D eigenvalue weighted by atomic mass is 9.83. The molecule has 13 heteroatoms. The maximum atomic E-state index is 11.8. The van der Waals surface area contributed by atoms with Gasteiger partial charge in [-0.25, -0.2) is 19.7 Å².